The van der Waals surface area contributed by atoms with Gasteiger partial charge in [-0.3, -0.25) is 9.13 Å². The lowest BCUT2D eigenvalue weighted by Gasteiger charge is -2.06. The molecule has 1 N–H and O–H groups in total. The number of nitrogens with zero attached hydrogens (tertiary/aromatic N) is 4. The molecule has 0 aliphatic rings. The number of nitriles is 1. The third kappa shape index (κ3) is 2.64. The number of aryl methyl sites for hydroxylation is 3. The highest BCUT2D eigenvalue weighted by Crippen LogP contribution is 2.32. The van der Waals surface area contributed by atoms with E-state index in [1.807, 2.05) is 56.3 Å². The number of hydrogen-bond donors (Lipinski definition) is 1. The first-order valence-electron chi connectivity index (χ1n) is 8.80. The largest absolute Gasteiger partial charge is 0.329 e. The number of hydrogen-bond acceptors (Lipinski definition) is 3. The third-order valence-electron chi connectivity index (χ3n) is 4.85. The van der Waals surface area contributed by atoms with Crippen LogP contribution in [0, 0.1) is 18.3 Å². The molecule has 0 aliphatic heterocycles. The fraction of sp³-hybridized carbons (Fsp3) is 0.190. The number of benzene rings is 2. The molecule has 0 atom stereocenters. The van der Waals surface area contributed by atoms with Gasteiger partial charge in [0.2, 0.25) is 5.82 Å². The van der Waals surface area contributed by atoms with Crippen LogP contribution in [0.3, 0.4) is 0 Å². The summed E-state index contributed by atoms with van der Waals surface area (Å²) in [4.78, 5) is 20.0. The molecule has 2 heterocycles. The van der Waals surface area contributed by atoms with Crippen molar-refractivity contribution in [3.63, 3.8) is 0 Å². The van der Waals surface area contributed by atoms with Crippen LogP contribution in [-0.2, 0) is 13.6 Å². The van der Waals surface area contributed by atoms with Crippen molar-refractivity contribution in [2.24, 2.45) is 7.05 Å². The van der Waals surface area contributed by atoms with E-state index >= 15 is 0 Å². The van der Waals surface area contributed by atoms with Gasteiger partial charge in [0.25, 0.3) is 0 Å². The average Bonchev–Trinajstić information content (AvgIpc) is 3.21. The molecule has 0 spiro atoms. The molecule has 0 bridgehead atoms. The fourth-order valence-corrected chi connectivity index (χ4v) is 3.50. The molecule has 0 unspecified atom stereocenters. The first-order chi connectivity index (χ1) is 13.0. The Morgan fingerprint density at radius 3 is 2.67 bits per heavy atom. The lowest BCUT2D eigenvalue weighted by atomic mass is 10.0. The number of rotatable bonds is 3. The predicted octanol–water partition coefficient (Wildman–Crippen LogP) is 3.60. The van der Waals surface area contributed by atoms with Crippen LogP contribution in [0.5, 0.6) is 0 Å². The zero-order chi connectivity index (χ0) is 19.1. The molecule has 27 heavy (non-hydrogen) atoms. The van der Waals surface area contributed by atoms with Gasteiger partial charge < -0.3 is 4.98 Å². The summed E-state index contributed by atoms with van der Waals surface area (Å²) in [5, 5.41) is 9.32. The molecule has 4 rings (SSSR count). The molecule has 2 aromatic carbocycles. The number of aromatic nitrogens is 4. The lowest BCUT2D eigenvalue weighted by molar-refractivity contribution is 0.712. The van der Waals surface area contributed by atoms with E-state index in [1.54, 1.807) is 16.2 Å². The fourth-order valence-electron chi connectivity index (χ4n) is 3.50. The lowest BCUT2D eigenvalue weighted by Crippen LogP contribution is -2.21. The Kier molecular flexibility index (Phi) is 3.93. The van der Waals surface area contributed by atoms with Gasteiger partial charge in [-0.05, 0) is 32.0 Å². The number of nitrogens with one attached hydrogen (secondary N) is 1. The standard InChI is InChI=1S/C21H19N5O/c1-4-26-16-9-8-15(11-17(16)25(3)21(26)27)20-19(23-18(12-22)24-20)14-7-5-6-13(2)10-14/h5-11H,4H2,1-3H3,(H,23,24). The van der Waals surface area contributed by atoms with E-state index in [4.69, 9.17) is 0 Å². The van der Waals surface area contributed by atoms with E-state index in [0.717, 1.165) is 39.1 Å². The topological polar surface area (TPSA) is 79.4 Å². The maximum absolute atomic E-state index is 12.4. The zero-order valence-corrected chi connectivity index (χ0v) is 15.4. The van der Waals surface area contributed by atoms with Crippen LogP contribution in [-0.4, -0.2) is 19.1 Å². The molecule has 0 amide bonds. The Bertz CT molecular complexity index is 1270. The van der Waals surface area contributed by atoms with E-state index in [9.17, 15) is 10.1 Å². The van der Waals surface area contributed by atoms with Gasteiger partial charge in [0.1, 0.15) is 6.07 Å². The Morgan fingerprint density at radius 1 is 1.15 bits per heavy atom. The smallest absolute Gasteiger partial charge is 0.328 e. The van der Waals surface area contributed by atoms with Crippen molar-refractivity contribution in [2.75, 3.05) is 0 Å². The summed E-state index contributed by atoms with van der Waals surface area (Å²) in [7, 11) is 1.77. The van der Waals surface area contributed by atoms with Gasteiger partial charge in [-0.1, -0.05) is 29.8 Å². The predicted molar refractivity (Wildman–Crippen MR) is 105 cm³/mol. The molecular weight excluding hydrogens is 338 g/mol. The number of imidazole rings is 2. The van der Waals surface area contributed by atoms with E-state index in [1.165, 1.54) is 0 Å². The minimum Gasteiger partial charge on any atom is -0.329 e. The molecule has 0 fully saturated rings. The molecule has 134 valence electrons. The molecule has 2 aromatic heterocycles. The quantitative estimate of drug-likeness (QED) is 0.608. The van der Waals surface area contributed by atoms with E-state index in [-0.39, 0.29) is 11.5 Å². The monoisotopic (exact) mass is 357 g/mol. The second-order valence-corrected chi connectivity index (χ2v) is 6.58. The summed E-state index contributed by atoms with van der Waals surface area (Å²) in [5.74, 6) is 0.265. The van der Waals surface area contributed by atoms with Gasteiger partial charge in [-0.2, -0.15) is 5.26 Å². The van der Waals surface area contributed by atoms with E-state index in [0.29, 0.717) is 6.54 Å². The Hall–Kier alpha value is -3.59. The molecule has 0 radical (unpaired) electrons. The summed E-state index contributed by atoms with van der Waals surface area (Å²) in [6.45, 7) is 4.60. The Balaban J connectivity index is 1.96. The molecule has 6 nitrogen and oxygen atoms in total. The van der Waals surface area contributed by atoms with Crippen LogP contribution >= 0.6 is 0 Å². The van der Waals surface area contributed by atoms with Crippen molar-refractivity contribution >= 4 is 11.0 Å². The van der Waals surface area contributed by atoms with Crippen molar-refractivity contribution in [2.45, 2.75) is 20.4 Å². The molecule has 6 heteroatoms. The van der Waals surface area contributed by atoms with E-state index in [2.05, 4.69) is 16.0 Å². The SMILES string of the molecule is CCn1c(=O)n(C)c2cc(-c3[nH]c(C#N)nc3-c3cccc(C)c3)ccc21. The average molecular weight is 357 g/mol. The van der Waals surface area contributed by atoms with Gasteiger partial charge in [-0.15, -0.1) is 0 Å². The van der Waals surface area contributed by atoms with Crippen molar-refractivity contribution in [1.29, 1.82) is 5.26 Å². The van der Waals surface area contributed by atoms with Crippen LogP contribution in [0.2, 0.25) is 0 Å². The second-order valence-electron chi connectivity index (χ2n) is 6.58. The second kappa shape index (κ2) is 6.29. The first-order valence-corrected chi connectivity index (χ1v) is 8.80. The van der Waals surface area contributed by atoms with Gasteiger partial charge in [0.05, 0.1) is 22.4 Å². The highest BCUT2D eigenvalue weighted by atomic mass is 16.1. The molecule has 0 aliphatic carbocycles. The minimum absolute atomic E-state index is 0.0362. The summed E-state index contributed by atoms with van der Waals surface area (Å²) >= 11 is 0. The van der Waals surface area contributed by atoms with Gasteiger partial charge in [-0.25, -0.2) is 9.78 Å². The van der Waals surface area contributed by atoms with Crippen molar-refractivity contribution in [3.05, 3.63) is 64.3 Å². The summed E-state index contributed by atoms with van der Waals surface area (Å²) in [6.07, 6.45) is 0. The molecule has 0 saturated heterocycles. The van der Waals surface area contributed by atoms with Gasteiger partial charge in [0, 0.05) is 24.7 Å². The van der Waals surface area contributed by atoms with Crippen LogP contribution in [0.15, 0.2) is 47.3 Å². The van der Waals surface area contributed by atoms with Crippen LogP contribution in [0.1, 0.15) is 18.3 Å². The summed E-state index contributed by atoms with van der Waals surface area (Å²) in [6, 6.07) is 16.0. The van der Waals surface area contributed by atoms with E-state index < -0.39 is 0 Å². The van der Waals surface area contributed by atoms with Gasteiger partial charge in [0.15, 0.2) is 0 Å². The van der Waals surface area contributed by atoms with Crippen LogP contribution < -0.4 is 5.69 Å². The van der Waals surface area contributed by atoms with Crippen molar-refractivity contribution < 1.29 is 0 Å². The maximum atomic E-state index is 12.4. The number of H-pyrrole nitrogens is 1. The Labute approximate surface area is 156 Å². The van der Waals surface area contributed by atoms with Crippen LogP contribution in [0.25, 0.3) is 33.5 Å². The number of fused-ring (bicyclic) bond motifs is 1. The van der Waals surface area contributed by atoms with Gasteiger partial charge >= 0.3 is 5.69 Å². The Morgan fingerprint density at radius 2 is 1.96 bits per heavy atom. The third-order valence-corrected chi connectivity index (χ3v) is 4.85. The summed E-state index contributed by atoms with van der Waals surface area (Å²) in [5.41, 5.74) is 6.17. The number of aromatic amines is 1. The normalized spacial score (nSPS) is 11.0. The highest BCUT2D eigenvalue weighted by Gasteiger charge is 2.17. The first kappa shape index (κ1) is 16.9. The minimum atomic E-state index is -0.0362. The molecular formula is C21H19N5O. The van der Waals surface area contributed by atoms with Crippen molar-refractivity contribution in [1.82, 2.24) is 19.1 Å². The maximum Gasteiger partial charge on any atom is 0.328 e. The molecule has 0 saturated carbocycles. The molecule has 4 aromatic rings. The van der Waals surface area contributed by atoms with Crippen LogP contribution in [0.4, 0.5) is 0 Å². The summed E-state index contributed by atoms with van der Waals surface area (Å²) < 4.78 is 3.39. The highest BCUT2D eigenvalue weighted by molar-refractivity contribution is 5.86. The van der Waals surface area contributed by atoms with Crippen molar-refractivity contribution in [3.8, 4) is 28.6 Å². The zero-order valence-electron chi connectivity index (χ0n) is 15.4.